The summed E-state index contributed by atoms with van der Waals surface area (Å²) in [5.41, 5.74) is 3.69. The molecular formula is C24H23N3O4S. The monoisotopic (exact) mass is 449 g/mol. The molecule has 0 aliphatic heterocycles. The zero-order valence-corrected chi connectivity index (χ0v) is 19.1. The molecule has 0 aliphatic rings. The number of ketones is 1. The summed E-state index contributed by atoms with van der Waals surface area (Å²) >= 11 is 1.10. The largest absolute Gasteiger partial charge is 0.453 e. The summed E-state index contributed by atoms with van der Waals surface area (Å²) in [6.07, 6.45) is 0. The van der Waals surface area contributed by atoms with Crippen LogP contribution in [0, 0.1) is 27.7 Å². The molecule has 32 heavy (non-hydrogen) atoms. The van der Waals surface area contributed by atoms with Crippen molar-refractivity contribution in [3.8, 4) is 0 Å². The van der Waals surface area contributed by atoms with Crippen LogP contribution in [-0.4, -0.2) is 32.9 Å². The lowest BCUT2D eigenvalue weighted by molar-refractivity contribution is 0.0479. The minimum Gasteiger partial charge on any atom is -0.453 e. The summed E-state index contributed by atoms with van der Waals surface area (Å²) in [4.78, 5) is 45.4. The first-order chi connectivity index (χ1) is 15.3. The highest BCUT2D eigenvalue weighted by Crippen LogP contribution is 2.27. The number of carbonyl (C=O) groups is 2. The number of aryl methyl sites for hydroxylation is 3. The van der Waals surface area contributed by atoms with Crippen molar-refractivity contribution < 1.29 is 14.3 Å². The van der Waals surface area contributed by atoms with Crippen molar-refractivity contribution in [1.82, 2.24) is 14.5 Å². The lowest BCUT2D eigenvalue weighted by atomic mass is 10.1. The topological polar surface area (TPSA) is 94.0 Å². The summed E-state index contributed by atoms with van der Waals surface area (Å²) in [6, 6.07) is 11.8. The minimum atomic E-state index is -0.631. The summed E-state index contributed by atoms with van der Waals surface area (Å²) < 4.78 is 7.39. The van der Waals surface area contributed by atoms with E-state index in [4.69, 9.17) is 4.74 Å². The fraction of sp³-hybridized carbons (Fsp3) is 0.250. The lowest BCUT2D eigenvalue weighted by Gasteiger charge is -2.10. The second-order valence-corrected chi connectivity index (χ2v) is 8.74. The smallest absolute Gasteiger partial charge is 0.349 e. The average molecular weight is 450 g/mol. The molecule has 3 heterocycles. The molecule has 1 aromatic carbocycles. The first-order valence-electron chi connectivity index (χ1n) is 10.2. The summed E-state index contributed by atoms with van der Waals surface area (Å²) in [5, 5.41) is 0.378. The van der Waals surface area contributed by atoms with Gasteiger partial charge >= 0.3 is 5.97 Å². The minimum absolute atomic E-state index is 0.267. The normalized spacial score (nSPS) is 11.1. The second kappa shape index (κ2) is 8.55. The average Bonchev–Trinajstić information content (AvgIpc) is 3.23. The third kappa shape index (κ3) is 4.01. The van der Waals surface area contributed by atoms with Crippen molar-refractivity contribution >= 4 is 33.3 Å². The van der Waals surface area contributed by atoms with Crippen LogP contribution in [0.1, 0.15) is 48.4 Å². The lowest BCUT2D eigenvalue weighted by Crippen LogP contribution is -2.15. The number of Topliss-reactive ketones (excluding diaryl/α,β-unsaturated/α-hetero) is 1. The van der Waals surface area contributed by atoms with Crippen LogP contribution >= 0.6 is 11.3 Å². The van der Waals surface area contributed by atoms with Crippen LogP contribution in [0.3, 0.4) is 0 Å². The molecular weight excluding hydrogens is 426 g/mol. The van der Waals surface area contributed by atoms with E-state index in [1.165, 1.54) is 0 Å². The Balaban J connectivity index is 1.51. The molecule has 8 heteroatoms. The number of fused-ring (bicyclic) bond motifs is 1. The third-order valence-electron chi connectivity index (χ3n) is 5.50. The van der Waals surface area contributed by atoms with Crippen molar-refractivity contribution in [3.05, 3.63) is 85.5 Å². The number of hydrogen-bond acceptors (Lipinski definition) is 6. The van der Waals surface area contributed by atoms with Gasteiger partial charge in [-0.3, -0.25) is 9.59 Å². The van der Waals surface area contributed by atoms with Crippen molar-refractivity contribution in [3.63, 3.8) is 0 Å². The van der Waals surface area contributed by atoms with Gasteiger partial charge in [0.05, 0.1) is 5.39 Å². The van der Waals surface area contributed by atoms with E-state index in [2.05, 4.69) is 14.5 Å². The standard InChI is InChI=1S/C24H23N3O4S/c1-13-10-18(15(3)27(13)11-17-8-6-5-7-9-17)19(28)12-31-24(30)21-14(2)20-22(29)25-16(4)26-23(20)32-21/h5-10H,11-12H2,1-4H3,(H,25,26,29). The number of ether oxygens (including phenoxy) is 1. The third-order valence-corrected chi connectivity index (χ3v) is 6.66. The highest BCUT2D eigenvalue weighted by Gasteiger charge is 2.22. The molecule has 0 aliphatic carbocycles. The zero-order chi connectivity index (χ0) is 23.0. The van der Waals surface area contributed by atoms with Crippen molar-refractivity contribution in [2.24, 2.45) is 0 Å². The maximum absolute atomic E-state index is 12.8. The maximum atomic E-state index is 12.8. The van der Waals surface area contributed by atoms with E-state index in [1.807, 2.05) is 50.2 Å². The fourth-order valence-corrected chi connectivity index (χ4v) is 4.93. The molecule has 0 spiro atoms. The summed E-state index contributed by atoms with van der Waals surface area (Å²) in [7, 11) is 0. The fourth-order valence-electron chi connectivity index (χ4n) is 3.81. The Hall–Kier alpha value is -3.52. The molecule has 7 nitrogen and oxygen atoms in total. The Kier molecular flexibility index (Phi) is 5.80. The van der Waals surface area contributed by atoms with Crippen LogP contribution in [0.2, 0.25) is 0 Å². The van der Waals surface area contributed by atoms with E-state index in [0.717, 1.165) is 28.3 Å². The van der Waals surface area contributed by atoms with E-state index in [0.29, 0.717) is 33.7 Å². The molecule has 1 N–H and O–H groups in total. The number of aromatic amines is 1. The number of rotatable bonds is 6. The molecule has 0 saturated heterocycles. The number of nitrogens with zero attached hydrogens (tertiary/aromatic N) is 2. The number of esters is 1. The Labute approximate surface area is 188 Å². The number of nitrogens with one attached hydrogen (secondary N) is 1. The molecule has 0 fully saturated rings. The number of H-pyrrole nitrogens is 1. The van der Waals surface area contributed by atoms with Gasteiger partial charge in [0.15, 0.2) is 6.61 Å². The molecule has 0 atom stereocenters. The molecule has 0 amide bonds. The molecule has 4 aromatic rings. The number of thiophene rings is 1. The SMILES string of the molecule is Cc1nc2sc(C(=O)OCC(=O)c3cc(C)n(Cc4ccccc4)c3C)c(C)c2c(=O)[nH]1. The number of aromatic nitrogens is 3. The zero-order valence-electron chi connectivity index (χ0n) is 18.3. The predicted molar refractivity (Wildman–Crippen MR) is 124 cm³/mol. The first kappa shape index (κ1) is 21.7. The van der Waals surface area contributed by atoms with Gasteiger partial charge in [-0.25, -0.2) is 9.78 Å². The molecule has 3 aromatic heterocycles. The highest BCUT2D eigenvalue weighted by molar-refractivity contribution is 7.20. The van der Waals surface area contributed by atoms with Crippen molar-refractivity contribution in [2.45, 2.75) is 34.2 Å². The molecule has 164 valence electrons. The van der Waals surface area contributed by atoms with Crippen LogP contribution in [0.5, 0.6) is 0 Å². The number of carbonyl (C=O) groups excluding carboxylic acids is 2. The molecule has 0 unspecified atom stereocenters. The van der Waals surface area contributed by atoms with Gasteiger partial charge in [-0.1, -0.05) is 30.3 Å². The van der Waals surface area contributed by atoms with Crippen LogP contribution in [0.25, 0.3) is 10.2 Å². The van der Waals surface area contributed by atoms with Crippen molar-refractivity contribution in [2.75, 3.05) is 6.61 Å². The van der Waals surface area contributed by atoms with Gasteiger partial charge in [-0.2, -0.15) is 0 Å². The predicted octanol–water partition coefficient (Wildman–Crippen LogP) is 4.11. The maximum Gasteiger partial charge on any atom is 0.349 e. The number of benzene rings is 1. The van der Waals surface area contributed by atoms with Crippen LogP contribution in [0.15, 0.2) is 41.2 Å². The van der Waals surface area contributed by atoms with Gasteiger partial charge in [0.25, 0.3) is 5.56 Å². The Morgan fingerprint density at radius 1 is 1.12 bits per heavy atom. The first-order valence-corrected chi connectivity index (χ1v) is 11.0. The quantitative estimate of drug-likeness (QED) is 0.353. The number of hydrogen-bond donors (Lipinski definition) is 1. The van der Waals surface area contributed by atoms with E-state index in [-0.39, 0.29) is 22.8 Å². The molecule has 0 saturated carbocycles. The molecule has 4 rings (SSSR count). The van der Waals surface area contributed by atoms with Gasteiger partial charge < -0.3 is 14.3 Å². The summed E-state index contributed by atoms with van der Waals surface area (Å²) in [6.45, 7) is 7.49. The van der Waals surface area contributed by atoms with Crippen LogP contribution in [0.4, 0.5) is 0 Å². The Morgan fingerprint density at radius 2 is 1.84 bits per heavy atom. The van der Waals surface area contributed by atoms with Crippen LogP contribution in [-0.2, 0) is 11.3 Å². The Bertz CT molecular complexity index is 1400. The van der Waals surface area contributed by atoms with Gasteiger partial charge in [-0.15, -0.1) is 11.3 Å². The highest BCUT2D eigenvalue weighted by atomic mass is 32.1. The van der Waals surface area contributed by atoms with E-state index in [9.17, 15) is 14.4 Å². The van der Waals surface area contributed by atoms with E-state index >= 15 is 0 Å². The Morgan fingerprint density at radius 3 is 2.56 bits per heavy atom. The van der Waals surface area contributed by atoms with Gasteiger partial charge in [0.2, 0.25) is 5.78 Å². The molecule has 0 bridgehead atoms. The summed E-state index contributed by atoms with van der Waals surface area (Å²) in [5.74, 6) is -0.421. The van der Waals surface area contributed by atoms with Gasteiger partial charge in [0, 0.05) is 23.5 Å². The van der Waals surface area contributed by atoms with E-state index in [1.54, 1.807) is 13.8 Å². The van der Waals surface area contributed by atoms with Gasteiger partial charge in [0.1, 0.15) is 15.5 Å². The van der Waals surface area contributed by atoms with Crippen molar-refractivity contribution in [1.29, 1.82) is 0 Å². The second-order valence-electron chi connectivity index (χ2n) is 7.74. The molecule has 0 radical (unpaired) electrons. The van der Waals surface area contributed by atoms with Crippen LogP contribution < -0.4 is 5.56 Å². The van der Waals surface area contributed by atoms with Gasteiger partial charge in [-0.05, 0) is 44.9 Å². The van der Waals surface area contributed by atoms with E-state index < -0.39 is 5.97 Å².